The second kappa shape index (κ2) is 3.39. The monoisotopic (exact) mass is 199 g/mol. The van der Waals surface area contributed by atoms with E-state index in [1.165, 1.54) is 12.1 Å². The third-order valence-corrected chi connectivity index (χ3v) is 1.99. The number of hydrogen-bond acceptors (Lipinski definition) is 4. The lowest BCUT2D eigenvalue weighted by molar-refractivity contribution is 0.105. The van der Waals surface area contributed by atoms with E-state index in [0.717, 1.165) is 0 Å². The molecule has 15 heavy (non-hydrogen) atoms. The smallest absolute Gasteiger partial charge is 0.348 e. The summed E-state index contributed by atoms with van der Waals surface area (Å²) >= 11 is 0. The molecule has 0 saturated carbocycles. The zero-order chi connectivity index (χ0) is 10.8. The average molecular weight is 199 g/mol. The fourth-order valence-electron chi connectivity index (χ4n) is 1.28. The molecule has 0 saturated heterocycles. The molecule has 1 aromatic heterocycles. The molecule has 2 rings (SSSR count). The first-order valence-corrected chi connectivity index (χ1v) is 4.19. The normalized spacial score (nSPS) is 9.80. The Bertz CT molecular complexity index is 634. The van der Waals surface area contributed by atoms with E-state index in [9.17, 15) is 9.59 Å². The van der Waals surface area contributed by atoms with E-state index in [2.05, 4.69) is 0 Å². The molecule has 0 bridgehead atoms. The van der Waals surface area contributed by atoms with Gasteiger partial charge in [0.05, 0.1) is 0 Å². The third kappa shape index (κ3) is 1.51. The van der Waals surface area contributed by atoms with Crippen LogP contribution in [0.2, 0.25) is 0 Å². The van der Waals surface area contributed by atoms with Gasteiger partial charge in [-0.05, 0) is 12.1 Å². The molecule has 0 unspecified atom stereocenters. The van der Waals surface area contributed by atoms with Crippen molar-refractivity contribution in [3.63, 3.8) is 0 Å². The molecule has 1 heterocycles. The van der Waals surface area contributed by atoms with Crippen molar-refractivity contribution in [2.24, 2.45) is 0 Å². The number of hydrogen-bond donors (Lipinski definition) is 0. The molecular weight excluding hydrogens is 194 g/mol. The van der Waals surface area contributed by atoms with Crippen LogP contribution in [0.4, 0.5) is 0 Å². The molecule has 0 radical (unpaired) electrons. The van der Waals surface area contributed by atoms with Gasteiger partial charge in [-0.3, -0.25) is 4.79 Å². The summed E-state index contributed by atoms with van der Waals surface area (Å²) in [5.41, 5.74) is -0.603. The number of carbonyl (C=O) groups excluding carboxylic acids is 1. The van der Waals surface area contributed by atoms with E-state index in [1.54, 1.807) is 24.3 Å². The molecule has 0 N–H and O–H groups in total. The molecule has 4 heteroatoms. The molecule has 72 valence electrons. The van der Waals surface area contributed by atoms with Gasteiger partial charge in [0, 0.05) is 5.39 Å². The minimum absolute atomic E-state index is 0.226. The van der Waals surface area contributed by atoms with Crippen LogP contribution < -0.4 is 5.63 Å². The average Bonchev–Trinajstić information content (AvgIpc) is 2.27. The summed E-state index contributed by atoms with van der Waals surface area (Å²) in [6.07, 6.45) is 0. The molecular formula is C11H5NO3. The predicted octanol–water partition coefficient (Wildman–Crippen LogP) is 1.50. The largest absolute Gasteiger partial charge is 0.422 e. The number of para-hydroxylation sites is 1. The molecule has 0 aliphatic heterocycles. The Hall–Kier alpha value is -2.41. The van der Waals surface area contributed by atoms with E-state index < -0.39 is 11.4 Å². The topological polar surface area (TPSA) is 71.1 Å². The van der Waals surface area contributed by atoms with Gasteiger partial charge in [0.15, 0.2) is 0 Å². The highest BCUT2D eigenvalue weighted by Crippen LogP contribution is 2.12. The molecule has 0 atom stereocenters. The van der Waals surface area contributed by atoms with Gasteiger partial charge in [-0.2, -0.15) is 5.26 Å². The summed E-state index contributed by atoms with van der Waals surface area (Å²) in [5, 5.41) is 9.03. The van der Waals surface area contributed by atoms with E-state index in [1.807, 2.05) is 0 Å². The van der Waals surface area contributed by atoms with Crippen molar-refractivity contribution in [3.8, 4) is 6.07 Å². The maximum Gasteiger partial charge on any atom is 0.348 e. The van der Waals surface area contributed by atoms with Crippen LogP contribution in [-0.4, -0.2) is 5.78 Å². The molecule has 4 nitrogen and oxygen atoms in total. The molecule has 2 aromatic rings. The van der Waals surface area contributed by atoms with Gasteiger partial charge in [-0.15, -0.1) is 0 Å². The highest BCUT2D eigenvalue weighted by molar-refractivity contribution is 6.08. The highest BCUT2D eigenvalue weighted by Gasteiger charge is 2.12. The summed E-state index contributed by atoms with van der Waals surface area (Å²) in [4.78, 5) is 22.4. The van der Waals surface area contributed by atoms with Crippen molar-refractivity contribution in [1.29, 1.82) is 5.26 Å². The van der Waals surface area contributed by atoms with E-state index in [-0.39, 0.29) is 5.56 Å². The number of ketones is 1. The number of nitrogens with zero attached hydrogens (tertiary/aromatic N) is 1. The van der Waals surface area contributed by atoms with Crippen LogP contribution in [0.3, 0.4) is 0 Å². The predicted molar refractivity (Wildman–Crippen MR) is 52.4 cm³/mol. The van der Waals surface area contributed by atoms with Gasteiger partial charge >= 0.3 is 5.63 Å². The van der Waals surface area contributed by atoms with Gasteiger partial charge in [0.2, 0.25) is 0 Å². The summed E-state index contributed by atoms with van der Waals surface area (Å²) < 4.78 is 4.89. The standard InChI is InChI=1S/C11H5NO3/c12-6-9(13)8-5-7-3-1-2-4-10(7)15-11(8)14/h1-5H. The Kier molecular flexibility index (Phi) is 2.07. The van der Waals surface area contributed by atoms with Crippen molar-refractivity contribution in [2.75, 3.05) is 0 Å². The van der Waals surface area contributed by atoms with Crippen LogP contribution >= 0.6 is 0 Å². The van der Waals surface area contributed by atoms with E-state index >= 15 is 0 Å². The lowest BCUT2D eigenvalue weighted by Crippen LogP contribution is -2.11. The van der Waals surface area contributed by atoms with Gasteiger partial charge in [0.25, 0.3) is 5.78 Å². The maximum absolute atomic E-state index is 11.3. The fourth-order valence-corrected chi connectivity index (χ4v) is 1.28. The van der Waals surface area contributed by atoms with Crippen molar-refractivity contribution in [2.45, 2.75) is 0 Å². The van der Waals surface area contributed by atoms with Gasteiger partial charge in [-0.25, -0.2) is 4.79 Å². The third-order valence-electron chi connectivity index (χ3n) is 1.99. The van der Waals surface area contributed by atoms with E-state index in [0.29, 0.717) is 11.0 Å². The van der Waals surface area contributed by atoms with Gasteiger partial charge < -0.3 is 4.42 Å². The van der Waals surface area contributed by atoms with Crippen molar-refractivity contribution < 1.29 is 9.21 Å². The van der Waals surface area contributed by atoms with Crippen LogP contribution in [0, 0.1) is 11.3 Å². The fraction of sp³-hybridized carbons (Fsp3) is 0. The summed E-state index contributed by atoms with van der Waals surface area (Å²) in [6, 6.07) is 9.55. The zero-order valence-electron chi connectivity index (χ0n) is 7.56. The number of fused-ring (bicyclic) bond motifs is 1. The van der Waals surface area contributed by atoms with Gasteiger partial charge in [-0.1, -0.05) is 18.2 Å². The first-order valence-electron chi connectivity index (χ1n) is 4.19. The van der Waals surface area contributed by atoms with Crippen LogP contribution in [0.5, 0.6) is 0 Å². The number of Topliss-reactive ketones (excluding diaryl/α,β-unsaturated/α-hetero) is 1. The second-order valence-corrected chi connectivity index (χ2v) is 2.93. The van der Waals surface area contributed by atoms with Crippen molar-refractivity contribution in [3.05, 3.63) is 46.3 Å². The van der Waals surface area contributed by atoms with Gasteiger partial charge in [0.1, 0.15) is 17.2 Å². The summed E-state index contributed by atoms with van der Waals surface area (Å²) in [5.74, 6) is -0.880. The van der Waals surface area contributed by atoms with Crippen molar-refractivity contribution in [1.82, 2.24) is 0 Å². The number of rotatable bonds is 1. The Labute approximate surface area is 84.4 Å². The lowest BCUT2D eigenvalue weighted by Gasteiger charge is -1.96. The Morgan fingerprint density at radius 1 is 1.33 bits per heavy atom. The minimum Gasteiger partial charge on any atom is -0.422 e. The first-order chi connectivity index (χ1) is 7.22. The van der Waals surface area contributed by atoms with Crippen LogP contribution in [-0.2, 0) is 0 Å². The number of benzene rings is 1. The van der Waals surface area contributed by atoms with Crippen molar-refractivity contribution >= 4 is 16.8 Å². The van der Waals surface area contributed by atoms with E-state index in [4.69, 9.17) is 9.68 Å². The van der Waals surface area contributed by atoms with Crippen LogP contribution in [0.1, 0.15) is 10.4 Å². The molecule has 0 aliphatic rings. The quantitative estimate of drug-likeness (QED) is 0.396. The maximum atomic E-state index is 11.3. The summed E-state index contributed by atoms with van der Waals surface area (Å²) in [7, 11) is 0. The summed E-state index contributed by atoms with van der Waals surface area (Å²) in [6.45, 7) is 0. The van der Waals surface area contributed by atoms with Crippen LogP contribution in [0.15, 0.2) is 39.5 Å². The Morgan fingerprint density at radius 2 is 2.07 bits per heavy atom. The number of carbonyl (C=O) groups is 1. The molecule has 0 aliphatic carbocycles. The molecule has 1 aromatic carbocycles. The molecule has 0 amide bonds. The zero-order valence-corrected chi connectivity index (χ0v) is 7.56. The highest BCUT2D eigenvalue weighted by atomic mass is 16.4. The first kappa shape index (κ1) is 9.16. The molecule has 0 fully saturated rings. The Balaban J connectivity index is 2.80. The number of nitriles is 1. The minimum atomic E-state index is -0.880. The molecule has 0 spiro atoms. The lowest BCUT2D eigenvalue weighted by atomic mass is 10.1. The Morgan fingerprint density at radius 3 is 2.80 bits per heavy atom. The van der Waals surface area contributed by atoms with Crippen LogP contribution in [0.25, 0.3) is 11.0 Å². The second-order valence-electron chi connectivity index (χ2n) is 2.93. The SMILES string of the molecule is N#CC(=O)c1cc2ccccc2oc1=O.